The molecular weight excluding hydrogens is 450 g/mol. The Morgan fingerprint density at radius 3 is 2.47 bits per heavy atom. The molecule has 0 radical (unpaired) electrons. The molecule has 3 aromatic rings. The van der Waals surface area contributed by atoms with Gasteiger partial charge in [0.15, 0.2) is 11.5 Å². The van der Waals surface area contributed by atoms with Gasteiger partial charge in [-0.05, 0) is 49.2 Å². The molecule has 0 aliphatic carbocycles. The molecule has 1 atom stereocenters. The van der Waals surface area contributed by atoms with Crippen LogP contribution in [0.3, 0.4) is 0 Å². The van der Waals surface area contributed by atoms with E-state index in [1.54, 1.807) is 24.3 Å². The molecule has 2 aromatic carbocycles. The second-order valence-electron chi connectivity index (χ2n) is 7.23. The van der Waals surface area contributed by atoms with Crippen LogP contribution in [0, 0.1) is 0 Å². The fourth-order valence-corrected chi connectivity index (χ4v) is 5.26. The molecule has 0 fully saturated rings. The first-order chi connectivity index (χ1) is 15.4. The summed E-state index contributed by atoms with van der Waals surface area (Å²) in [6.07, 6.45) is 0.214. The van der Waals surface area contributed by atoms with Gasteiger partial charge in [0.1, 0.15) is 4.88 Å². The molecule has 8 heteroatoms. The van der Waals surface area contributed by atoms with Crippen molar-refractivity contribution in [2.45, 2.75) is 26.2 Å². The van der Waals surface area contributed by atoms with Gasteiger partial charge < -0.3 is 19.9 Å². The minimum Gasteiger partial charge on any atom is -0.490 e. The number of carboxylic acid groups (broad SMARTS) is 1. The van der Waals surface area contributed by atoms with Crippen LogP contribution in [-0.4, -0.2) is 30.2 Å². The highest BCUT2D eigenvalue weighted by atomic mass is 35.5. The van der Waals surface area contributed by atoms with Crippen LogP contribution in [0.25, 0.3) is 11.1 Å². The molecule has 1 amide bonds. The quantitative estimate of drug-likeness (QED) is 0.439. The van der Waals surface area contributed by atoms with Crippen LogP contribution in [0.5, 0.6) is 11.5 Å². The predicted octanol–water partition coefficient (Wildman–Crippen LogP) is 6.04. The molecule has 6 nitrogen and oxygen atoms in total. The summed E-state index contributed by atoms with van der Waals surface area (Å²) < 4.78 is 11.4. The van der Waals surface area contributed by atoms with Gasteiger partial charge in [0.25, 0.3) is 0 Å². The molecule has 32 heavy (non-hydrogen) atoms. The molecule has 0 saturated heterocycles. The summed E-state index contributed by atoms with van der Waals surface area (Å²) in [4.78, 5) is 25.8. The van der Waals surface area contributed by atoms with Crippen molar-refractivity contribution in [2.24, 2.45) is 0 Å². The summed E-state index contributed by atoms with van der Waals surface area (Å²) in [5, 5.41) is 13.4. The zero-order valence-electron chi connectivity index (χ0n) is 17.6. The smallest absolute Gasteiger partial charge is 0.346 e. The maximum atomic E-state index is 12.7. The number of carbonyl (C=O) groups excluding carboxylic acids is 1. The first-order valence-electron chi connectivity index (χ1n) is 10.3. The van der Waals surface area contributed by atoms with Crippen molar-refractivity contribution in [3.8, 4) is 22.6 Å². The topological polar surface area (TPSA) is 84.9 Å². The molecule has 0 unspecified atom stereocenters. The molecule has 2 heterocycles. The lowest BCUT2D eigenvalue weighted by Crippen LogP contribution is -2.22. The monoisotopic (exact) mass is 471 g/mol. The Morgan fingerprint density at radius 1 is 1.12 bits per heavy atom. The van der Waals surface area contributed by atoms with E-state index in [4.69, 9.17) is 21.1 Å². The van der Waals surface area contributed by atoms with Gasteiger partial charge in [-0.15, -0.1) is 11.3 Å². The number of hydrogen-bond acceptors (Lipinski definition) is 5. The number of halogens is 1. The van der Waals surface area contributed by atoms with E-state index >= 15 is 0 Å². The SMILES string of the molecule is CCOc1ccc([C@@H]2CC(=O)Nc3c2sc(C(=O)O)c3-c2ccc(Cl)cc2)cc1OCC. The number of nitrogens with one attached hydrogen (secondary N) is 1. The first kappa shape index (κ1) is 22.2. The largest absolute Gasteiger partial charge is 0.490 e. The number of amides is 1. The van der Waals surface area contributed by atoms with E-state index in [0.29, 0.717) is 46.5 Å². The van der Waals surface area contributed by atoms with Crippen molar-refractivity contribution < 1.29 is 24.2 Å². The second-order valence-corrected chi connectivity index (χ2v) is 8.72. The van der Waals surface area contributed by atoms with Crippen molar-refractivity contribution in [3.05, 3.63) is 62.8 Å². The summed E-state index contributed by atoms with van der Waals surface area (Å²) >= 11 is 7.20. The molecule has 1 aliphatic rings. The van der Waals surface area contributed by atoms with E-state index in [1.165, 1.54) is 11.3 Å². The Bertz CT molecular complexity index is 1170. The Balaban J connectivity index is 1.86. The van der Waals surface area contributed by atoms with E-state index in [-0.39, 0.29) is 23.1 Å². The predicted molar refractivity (Wildman–Crippen MR) is 126 cm³/mol. The van der Waals surface area contributed by atoms with Crippen LogP contribution in [0.15, 0.2) is 42.5 Å². The van der Waals surface area contributed by atoms with Gasteiger partial charge in [0.2, 0.25) is 5.91 Å². The van der Waals surface area contributed by atoms with Crippen LogP contribution in [0.1, 0.15) is 46.3 Å². The molecule has 2 N–H and O–H groups in total. The number of fused-ring (bicyclic) bond motifs is 1. The number of benzene rings is 2. The Hall–Kier alpha value is -3.03. The molecule has 0 bridgehead atoms. The molecule has 1 aromatic heterocycles. The van der Waals surface area contributed by atoms with Crippen LogP contribution in [0.2, 0.25) is 5.02 Å². The van der Waals surface area contributed by atoms with Gasteiger partial charge in [-0.1, -0.05) is 29.8 Å². The number of anilines is 1. The second kappa shape index (κ2) is 9.22. The molecule has 166 valence electrons. The van der Waals surface area contributed by atoms with Gasteiger partial charge in [0.05, 0.1) is 18.9 Å². The number of aromatic carboxylic acids is 1. The van der Waals surface area contributed by atoms with Crippen LogP contribution < -0.4 is 14.8 Å². The standard InChI is InChI=1S/C24H22ClNO5S/c1-3-30-17-10-7-14(11-18(17)31-4-2)16-12-19(27)26-21-20(13-5-8-15(25)9-6-13)23(24(28)29)32-22(16)21/h5-11,16H,3-4,12H2,1-2H3,(H,26,27)(H,28,29)/t16-/m0/s1. The Kier molecular flexibility index (Phi) is 6.39. The Labute approximate surface area is 194 Å². The fraction of sp³-hybridized carbons (Fsp3) is 0.250. The molecule has 1 aliphatic heterocycles. The molecule has 0 saturated carbocycles. The van der Waals surface area contributed by atoms with Crippen LogP contribution in [-0.2, 0) is 4.79 Å². The highest BCUT2D eigenvalue weighted by Gasteiger charge is 2.34. The maximum Gasteiger partial charge on any atom is 0.346 e. The summed E-state index contributed by atoms with van der Waals surface area (Å²) in [7, 11) is 0. The van der Waals surface area contributed by atoms with E-state index in [1.807, 2.05) is 32.0 Å². The number of hydrogen-bond donors (Lipinski definition) is 2. The minimum atomic E-state index is -1.04. The van der Waals surface area contributed by atoms with Gasteiger partial charge in [-0.25, -0.2) is 4.79 Å². The van der Waals surface area contributed by atoms with Crippen molar-refractivity contribution in [3.63, 3.8) is 0 Å². The van der Waals surface area contributed by atoms with Crippen molar-refractivity contribution >= 4 is 40.5 Å². The third-order valence-electron chi connectivity index (χ3n) is 5.20. The number of carbonyl (C=O) groups is 2. The average molecular weight is 472 g/mol. The van der Waals surface area contributed by atoms with Gasteiger partial charge in [-0.3, -0.25) is 4.79 Å². The van der Waals surface area contributed by atoms with E-state index in [2.05, 4.69) is 5.32 Å². The van der Waals surface area contributed by atoms with Gasteiger partial charge in [0, 0.05) is 27.8 Å². The highest BCUT2D eigenvalue weighted by Crippen LogP contribution is 2.50. The molecule has 4 rings (SSSR count). The van der Waals surface area contributed by atoms with Crippen LogP contribution in [0.4, 0.5) is 5.69 Å². The fourth-order valence-electron chi connectivity index (χ4n) is 3.88. The van der Waals surface area contributed by atoms with Gasteiger partial charge in [-0.2, -0.15) is 0 Å². The lowest BCUT2D eigenvalue weighted by molar-refractivity contribution is -0.116. The zero-order valence-corrected chi connectivity index (χ0v) is 19.2. The van der Waals surface area contributed by atoms with Crippen molar-refractivity contribution in [1.82, 2.24) is 0 Å². The number of carboxylic acids is 1. The maximum absolute atomic E-state index is 12.7. The summed E-state index contributed by atoms with van der Waals surface area (Å²) in [6.45, 7) is 4.78. The average Bonchev–Trinajstić information content (AvgIpc) is 3.15. The third kappa shape index (κ3) is 4.18. The highest BCUT2D eigenvalue weighted by molar-refractivity contribution is 7.15. The van der Waals surface area contributed by atoms with Crippen LogP contribution >= 0.6 is 22.9 Å². The summed E-state index contributed by atoms with van der Waals surface area (Å²) in [6, 6.07) is 12.5. The first-order valence-corrected chi connectivity index (χ1v) is 11.5. The normalized spacial score (nSPS) is 15.1. The summed E-state index contributed by atoms with van der Waals surface area (Å²) in [5.74, 6) is -0.258. The lowest BCUT2D eigenvalue weighted by atomic mass is 9.88. The minimum absolute atomic E-state index is 0.167. The van der Waals surface area contributed by atoms with Gasteiger partial charge >= 0.3 is 5.97 Å². The number of ether oxygens (including phenoxy) is 2. The number of thiophene rings is 1. The number of rotatable bonds is 7. The van der Waals surface area contributed by atoms with Crippen molar-refractivity contribution in [1.29, 1.82) is 0 Å². The lowest BCUT2D eigenvalue weighted by Gasteiger charge is -2.24. The third-order valence-corrected chi connectivity index (χ3v) is 6.75. The van der Waals surface area contributed by atoms with E-state index < -0.39 is 5.97 Å². The zero-order chi connectivity index (χ0) is 22.8. The molecular formula is C24H22ClNO5S. The van der Waals surface area contributed by atoms with Crippen molar-refractivity contribution in [2.75, 3.05) is 18.5 Å². The van der Waals surface area contributed by atoms with E-state index in [9.17, 15) is 14.7 Å². The summed E-state index contributed by atoms with van der Waals surface area (Å²) in [5.41, 5.74) is 2.60. The molecule has 0 spiro atoms. The van der Waals surface area contributed by atoms with E-state index in [0.717, 1.165) is 10.4 Å². The Morgan fingerprint density at radius 2 is 1.81 bits per heavy atom.